The lowest BCUT2D eigenvalue weighted by Gasteiger charge is -2.53. The second kappa shape index (κ2) is 6.86. The maximum atomic E-state index is 15.0. The van der Waals surface area contributed by atoms with Crippen LogP contribution in [0.4, 0.5) is 48.3 Å². The summed E-state index contributed by atoms with van der Waals surface area (Å²) in [4.78, 5) is 0. The molecule has 0 radical (unpaired) electrons. The van der Waals surface area contributed by atoms with Crippen LogP contribution in [0.3, 0.4) is 0 Å². The van der Waals surface area contributed by atoms with E-state index in [1.54, 1.807) is 20.8 Å². The highest BCUT2D eigenvalue weighted by atomic mass is 19.4. The fourth-order valence-electron chi connectivity index (χ4n) is 3.32. The van der Waals surface area contributed by atoms with Gasteiger partial charge < -0.3 is 9.84 Å². The third-order valence-corrected chi connectivity index (χ3v) is 5.06. The summed E-state index contributed by atoms with van der Waals surface area (Å²) < 4.78 is 158. The SMILES string of the molecule is CC(C)(C)Oc1ccc(C(C)(O)CC2(F)C(F)(F)C(F)(F)C(F)(F)C(F)(F)C2(F)F)cc1. The number of alkyl halides is 11. The van der Waals surface area contributed by atoms with Crippen molar-refractivity contribution in [1.29, 1.82) is 0 Å². The average Bonchev–Trinajstić information content (AvgIpc) is 2.58. The van der Waals surface area contributed by atoms with Gasteiger partial charge >= 0.3 is 29.6 Å². The molecular formula is C19H19F11O2. The fourth-order valence-corrected chi connectivity index (χ4v) is 3.32. The van der Waals surface area contributed by atoms with E-state index in [4.69, 9.17) is 4.74 Å². The Labute approximate surface area is 175 Å². The van der Waals surface area contributed by atoms with Gasteiger partial charge in [0, 0.05) is 6.42 Å². The molecule has 0 bridgehead atoms. The highest BCUT2D eigenvalue weighted by molar-refractivity contribution is 5.33. The zero-order valence-corrected chi connectivity index (χ0v) is 17.0. The second-order valence-electron chi connectivity index (χ2n) is 8.86. The lowest BCUT2D eigenvalue weighted by molar-refractivity contribution is -0.488. The van der Waals surface area contributed by atoms with Crippen LogP contribution in [0.1, 0.15) is 39.7 Å². The van der Waals surface area contributed by atoms with Crippen molar-refractivity contribution in [3.8, 4) is 5.75 Å². The van der Waals surface area contributed by atoms with Crippen LogP contribution in [-0.4, -0.2) is 46.0 Å². The summed E-state index contributed by atoms with van der Waals surface area (Å²) in [6.07, 6.45) is -2.76. The standard InChI is InChI=1S/C19H19F11O2/c1-12(2,3)32-11-7-5-10(6-8-11)13(4,31)9-14(20)15(21,22)17(25,26)19(29,30)18(27,28)16(14,23)24/h5-8,31H,9H2,1-4H3. The van der Waals surface area contributed by atoms with E-state index in [1.807, 2.05) is 0 Å². The summed E-state index contributed by atoms with van der Waals surface area (Å²) >= 11 is 0. The molecule has 32 heavy (non-hydrogen) atoms. The third kappa shape index (κ3) is 3.33. The molecule has 184 valence electrons. The van der Waals surface area contributed by atoms with E-state index >= 15 is 0 Å². The molecule has 0 heterocycles. The molecule has 0 spiro atoms. The second-order valence-corrected chi connectivity index (χ2v) is 8.86. The van der Waals surface area contributed by atoms with Crippen molar-refractivity contribution >= 4 is 0 Å². The van der Waals surface area contributed by atoms with Crippen molar-refractivity contribution < 1.29 is 58.1 Å². The minimum atomic E-state index is -7.29. The molecule has 0 amide bonds. The monoisotopic (exact) mass is 488 g/mol. The van der Waals surface area contributed by atoms with Gasteiger partial charge in [-0.1, -0.05) is 12.1 Å². The van der Waals surface area contributed by atoms with E-state index in [1.165, 1.54) is 0 Å². The summed E-state index contributed by atoms with van der Waals surface area (Å²) in [5.41, 5.74) is -10.8. The predicted molar refractivity (Wildman–Crippen MR) is 89.6 cm³/mol. The fraction of sp³-hybridized carbons (Fsp3) is 0.684. The van der Waals surface area contributed by atoms with Gasteiger partial charge in [0.1, 0.15) is 11.4 Å². The van der Waals surface area contributed by atoms with Crippen molar-refractivity contribution in [2.45, 2.75) is 80.6 Å². The molecule has 0 aliphatic heterocycles. The normalized spacial score (nSPS) is 26.8. The molecule has 1 aliphatic carbocycles. The first-order valence-electron chi connectivity index (χ1n) is 8.99. The van der Waals surface area contributed by atoms with Gasteiger partial charge in [-0.2, -0.15) is 43.9 Å². The van der Waals surface area contributed by atoms with Crippen LogP contribution in [0.5, 0.6) is 5.75 Å². The molecule has 1 aliphatic rings. The quantitative estimate of drug-likeness (QED) is 0.500. The van der Waals surface area contributed by atoms with Gasteiger partial charge in [-0.15, -0.1) is 0 Å². The largest absolute Gasteiger partial charge is 0.488 e. The lowest BCUT2D eigenvalue weighted by Crippen LogP contribution is -2.84. The van der Waals surface area contributed by atoms with Gasteiger partial charge in [0.2, 0.25) is 0 Å². The molecule has 13 heteroatoms. The van der Waals surface area contributed by atoms with Gasteiger partial charge in [-0.3, -0.25) is 0 Å². The van der Waals surface area contributed by atoms with Crippen LogP contribution < -0.4 is 4.74 Å². The number of benzene rings is 1. The Morgan fingerprint density at radius 3 is 1.34 bits per heavy atom. The van der Waals surface area contributed by atoms with Crippen LogP contribution >= 0.6 is 0 Å². The Kier molecular flexibility index (Phi) is 5.67. The minimum Gasteiger partial charge on any atom is -0.488 e. The van der Waals surface area contributed by atoms with E-state index in [2.05, 4.69) is 0 Å². The Balaban J connectivity index is 2.57. The minimum absolute atomic E-state index is 0.109. The van der Waals surface area contributed by atoms with Gasteiger partial charge in [0.25, 0.3) is 5.67 Å². The molecule has 2 rings (SSSR count). The molecule has 0 aromatic heterocycles. The Bertz CT molecular complexity index is 825. The first kappa shape index (κ1) is 26.5. The molecule has 1 aromatic carbocycles. The van der Waals surface area contributed by atoms with Crippen molar-refractivity contribution in [3.63, 3.8) is 0 Å². The van der Waals surface area contributed by atoms with E-state index in [-0.39, 0.29) is 5.75 Å². The van der Waals surface area contributed by atoms with Crippen LogP contribution in [0.15, 0.2) is 24.3 Å². The Hall–Kier alpha value is -1.79. The highest BCUT2D eigenvalue weighted by Gasteiger charge is 3.01. The molecule has 1 N–H and O–H groups in total. The van der Waals surface area contributed by atoms with E-state index < -0.39 is 58.5 Å². The summed E-state index contributed by atoms with van der Waals surface area (Å²) in [6, 6.07) is 3.87. The topological polar surface area (TPSA) is 29.5 Å². The number of hydrogen-bond acceptors (Lipinski definition) is 2. The molecule has 2 nitrogen and oxygen atoms in total. The first-order valence-corrected chi connectivity index (χ1v) is 8.99. The Morgan fingerprint density at radius 1 is 0.656 bits per heavy atom. The number of halogens is 11. The average molecular weight is 488 g/mol. The van der Waals surface area contributed by atoms with Crippen molar-refractivity contribution in [2.24, 2.45) is 0 Å². The zero-order valence-electron chi connectivity index (χ0n) is 17.0. The summed E-state index contributed by atoms with van der Waals surface area (Å²) in [5, 5.41) is 10.3. The molecule has 0 saturated heterocycles. The number of hydrogen-bond donors (Lipinski definition) is 1. The third-order valence-electron chi connectivity index (χ3n) is 5.06. The molecule has 1 saturated carbocycles. The zero-order chi connectivity index (χ0) is 25.4. The molecule has 1 atom stereocenters. The number of aliphatic hydroxyl groups is 1. The van der Waals surface area contributed by atoms with E-state index in [0.717, 1.165) is 24.3 Å². The van der Waals surface area contributed by atoms with Gasteiger partial charge in [-0.25, -0.2) is 4.39 Å². The van der Waals surface area contributed by atoms with Gasteiger partial charge in [0.05, 0.1) is 5.60 Å². The maximum Gasteiger partial charge on any atom is 0.384 e. The number of ether oxygens (including phenoxy) is 1. The summed E-state index contributed by atoms with van der Waals surface area (Å²) in [7, 11) is 0. The smallest absolute Gasteiger partial charge is 0.384 e. The first-order chi connectivity index (χ1) is 13.9. The highest BCUT2D eigenvalue weighted by Crippen LogP contribution is 2.71. The van der Waals surface area contributed by atoms with Crippen LogP contribution in [0.25, 0.3) is 0 Å². The van der Waals surface area contributed by atoms with Gasteiger partial charge in [0.15, 0.2) is 0 Å². The summed E-state index contributed by atoms with van der Waals surface area (Å²) in [5.74, 6) is -35.6. The van der Waals surface area contributed by atoms with Crippen molar-refractivity contribution in [2.75, 3.05) is 0 Å². The molecule has 1 fully saturated rings. The maximum absolute atomic E-state index is 15.0. The molecule has 1 unspecified atom stereocenters. The van der Waals surface area contributed by atoms with Crippen molar-refractivity contribution in [3.05, 3.63) is 29.8 Å². The van der Waals surface area contributed by atoms with Crippen LogP contribution in [-0.2, 0) is 5.60 Å². The van der Waals surface area contributed by atoms with Crippen LogP contribution in [0.2, 0.25) is 0 Å². The Morgan fingerprint density at radius 2 is 1.00 bits per heavy atom. The number of rotatable bonds is 4. The summed E-state index contributed by atoms with van der Waals surface area (Å²) in [6.45, 7) is 5.30. The van der Waals surface area contributed by atoms with Crippen molar-refractivity contribution in [1.82, 2.24) is 0 Å². The lowest BCUT2D eigenvalue weighted by atomic mass is 9.67. The molecular weight excluding hydrogens is 469 g/mol. The van der Waals surface area contributed by atoms with Gasteiger partial charge in [-0.05, 0) is 45.4 Å². The predicted octanol–water partition coefficient (Wildman–Crippen LogP) is 6.36. The van der Waals surface area contributed by atoms with E-state index in [0.29, 0.717) is 6.92 Å². The molecule has 1 aromatic rings. The van der Waals surface area contributed by atoms with E-state index in [9.17, 15) is 53.4 Å². The van der Waals surface area contributed by atoms with Crippen LogP contribution in [0, 0.1) is 0 Å².